The molecule has 4 nitrogen and oxygen atoms in total. The number of ether oxygens (including phenoxy) is 1. The molecule has 19 heavy (non-hydrogen) atoms. The highest BCUT2D eigenvalue weighted by Crippen LogP contribution is 2.19. The highest BCUT2D eigenvalue weighted by atomic mass is 16.5. The minimum Gasteiger partial charge on any atom is -0.508 e. The summed E-state index contributed by atoms with van der Waals surface area (Å²) in [6.07, 6.45) is 0. The third-order valence-electron chi connectivity index (χ3n) is 2.63. The molecule has 0 saturated heterocycles. The Hall–Kier alpha value is -2.67. The van der Waals surface area contributed by atoms with E-state index in [0.717, 1.165) is 11.3 Å². The van der Waals surface area contributed by atoms with E-state index in [1.165, 1.54) is 0 Å². The van der Waals surface area contributed by atoms with Crippen LogP contribution in [-0.2, 0) is 6.54 Å². The van der Waals surface area contributed by atoms with Gasteiger partial charge in [0.25, 0.3) is 0 Å². The Labute approximate surface area is 111 Å². The first-order valence-electron chi connectivity index (χ1n) is 5.90. The minimum absolute atomic E-state index is 0.0463. The predicted octanol–water partition coefficient (Wildman–Crippen LogP) is 2.91. The van der Waals surface area contributed by atoms with Crippen molar-refractivity contribution in [1.29, 1.82) is 5.26 Å². The number of anilines is 1. The van der Waals surface area contributed by atoms with Crippen molar-refractivity contribution in [3.63, 3.8) is 0 Å². The Morgan fingerprint density at radius 1 is 1.11 bits per heavy atom. The fourth-order valence-electron chi connectivity index (χ4n) is 1.64. The number of para-hydroxylation sites is 1. The van der Waals surface area contributed by atoms with E-state index in [1.54, 1.807) is 24.3 Å². The summed E-state index contributed by atoms with van der Waals surface area (Å²) >= 11 is 0. The second kappa shape index (κ2) is 6.31. The zero-order valence-corrected chi connectivity index (χ0v) is 10.3. The van der Waals surface area contributed by atoms with Crippen molar-refractivity contribution >= 4 is 5.69 Å². The maximum absolute atomic E-state index is 9.64. The normalized spacial score (nSPS) is 9.63. The first-order chi connectivity index (χ1) is 9.29. The average Bonchev–Trinajstić information content (AvgIpc) is 2.45. The van der Waals surface area contributed by atoms with Crippen molar-refractivity contribution in [2.75, 3.05) is 11.9 Å². The van der Waals surface area contributed by atoms with Crippen molar-refractivity contribution in [2.24, 2.45) is 0 Å². The monoisotopic (exact) mass is 254 g/mol. The number of benzene rings is 2. The number of rotatable bonds is 5. The van der Waals surface area contributed by atoms with Crippen molar-refractivity contribution in [2.45, 2.75) is 6.54 Å². The highest BCUT2D eigenvalue weighted by Gasteiger charge is 1.99. The van der Waals surface area contributed by atoms with Gasteiger partial charge in [0.2, 0.25) is 0 Å². The molecule has 0 radical (unpaired) electrons. The van der Waals surface area contributed by atoms with Crippen molar-refractivity contribution in [1.82, 2.24) is 0 Å². The molecular weight excluding hydrogens is 240 g/mol. The van der Waals surface area contributed by atoms with Crippen molar-refractivity contribution in [3.8, 4) is 17.6 Å². The minimum atomic E-state index is 0.0463. The summed E-state index contributed by atoms with van der Waals surface area (Å²) in [7, 11) is 0. The Morgan fingerprint density at radius 2 is 1.84 bits per heavy atom. The van der Waals surface area contributed by atoms with Crippen LogP contribution < -0.4 is 10.1 Å². The quantitative estimate of drug-likeness (QED) is 0.861. The molecule has 2 aromatic rings. The summed E-state index contributed by atoms with van der Waals surface area (Å²) in [4.78, 5) is 0. The van der Waals surface area contributed by atoms with E-state index in [2.05, 4.69) is 5.32 Å². The van der Waals surface area contributed by atoms with Gasteiger partial charge in [0.1, 0.15) is 17.6 Å². The lowest BCUT2D eigenvalue weighted by molar-refractivity contribution is 0.368. The Kier molecular flexibility index (Phi) is 4.25. The lowest BCUT2D eigenvalue weighted by atomic mass is 10.2. The number of nitrogens with zero attached hydrogens (tertiary/aromatic N) is 1. The molecule has 0 aliphatic rings. The Balaban J connectivity index is 1.93. The molecule has 0 unspecified atom stereocenters. The van der Waals surface area contributed by atoms with Crippen LogP contribution in [0.25, 0.3) is 0 Å². The fraction of sp³-hybridized carbons (Fsp3) is 0.133. The Bertz CT molecular complexity index is 573. The number of phenolic OH excluding ortho intramolecular Hbond substituents is 1. The first kappa shape index (κ1) is 12.8. The van der Waals surface area contributed by atoms with Crippen LogP contribution in [-0.4, -0.2) is 11.7 Å². The van der Waals surface area contributed by atoms with E-state index >= 15 is 0 Å². The second-order valence-electron chi connectivity index (χ2n) is 3.95. The summed E-state index contributed by atoms with van der Waals surface area (Å²) < 4.78 is 5.16. The molecule has 2 aromatic carbocycles. The van der Waals surface area contributed by atoms with Crippen LogP contribution in [0.15, 0.2) is 48.5 Å². The average molecular weight is 254 g/mol. The fourth-order valence-corrected chi connectivity index (χ4v) is 1.64. The molecule has 0 heterocycles. The molecule has 0 aliphatic carbocycles. The molecule has 0 aliphatic heterocycles. The number of nitrogens with one attached hydrogen (secondary N) is 1. The van der Waals surface area contributed by atoms with Gasteiger partial charge < -0.3 is 15.2 Å². The third-order valence-corrected chi connectivity index (χ3v) is 2.63. The topological polar surface area (TPSA) is 65.3 Å². The number of hydrogen-bond acceptors (Lipinski definition) is 4. The van der Waals surface area contributed by atoms with Gasteiger partial charge in [0.15, 0.2) is 6.61 Å². The summed E-state index contributed by atoms with van der Waals surface area (Å²) in [6.45, 7) is 0.593. The largest absolute Gasteiger partial charge is 0.508 e. The Morgan fingerprint density at radius 3 is 2.53 bits per heavy atom. The van der Waals surface area contributed by atoms with Crippen LogP contribution in [0.5, 0.6) is 11.5 Å². The molecule has 0 atom stereocenters. The van der Waals surface area contributed by atoms with Crippen molar-refractivity contribution < 1.29 is 9.84 Å². The molecular formula is C15H14N2O2. The van der Waals surface area contributed by atoms with E-state index in [9.17, 15) is 5.11 Å². The molecule has 4 heteroatoms. The van der Waals surface area contributed by atoms with Gasteiger partial charge in [-0.05, 0) is 30.3 Å². The van der Waals surface area contributed by atoms with Crippen molar-refractivity contribution in [3.05, 3.63) is 54.1 Å². The maximum Gasteiger partial charge on any atom is 0.174 e. The summed E-state index contributed by atoms with van der Waals surface area (Å²) in [5.41, 5.74) is 1.76. The smallest absolute Gasteiger partial charge is 0.174 e. The number of hydrogen-bond donors (Lipinski definition) is 2. The van der Waals surface area contributed by atoms with Gasteiger partial charge in [-0.15, -0.1) is 0 Å². The second-order valence-corrected chi connectivity index (χ2v) is 3.95. The van der Waals surface area contributed by atoms with Gasteiger partial charge in [0, 0.05) is 17.8 Å². The predicted molar refractivity (Wildman–Crippen MR) is 73.0 cm³/mol. The summed E-state index contributed by atoms with van der Waals surface area (Å²) in [5.74, 6) is 0.943. The van der Waals surface area contributed by atoms with E-state index < -0.39 is 0 Å². The number of aromatic hydroxyl groups is 1. The number of nitriles is 1. The molecule has 0 saturated carbocycles. The van der Waals surface area contributed by atoms with Crippen LogP contribution in [0.2, 0.25) is 0 Å². The first-order valence-corrected chi connectivity index (χ1v) is 5.90. The SMILES string of the molecule is N#CCOc1ccc(NCc2ccccc2O)cc1. The molecule has 0 bridgehead atoms. The van der Waals surface area contributed by atoms with Crippen LogP contribution in [0.3, 0.4) is 0 Å². The van der Waals surface area contributed by atoms with Gasteiger partial charge >= 0.3 is 0 Å². The van der Waals surface area contributed by atoms with Gasteiger partial charge in [-0.2, -0.15) is 5.26 Å². The molecule has 0 amide bonds. The summed E-state index contributed by atoms with van der Waals surface area (Å²) in [6, 6.07) is 16.5. The molecule has 0 fully saturated rings. The zero-order valence-electron chi connectivity index (χ0n) is 10.3. The van der Waals surface area contributed by atoms with E-state index in [0.29, 0.717) is 12.3 Å². The standard InChI is InChI=1S/C15H14N2O2/c16-9-10-19-14-7-5-13(6-8-14)17-11-12-3-1-2-4-15(12)18/h1-8,17-18H,10-11H2. The van der Waals surface area contributed by atoms with Crippen LogP contribution in [0.4, 0.5) is 5.69 Å². The molecule has 2 rings (SSSR count). The summed E-state index contributed by atoms with van der Waals surface area (Å²) in [5, 5.41) is 21.3. The molecule has 0 spiro atoms. The highest BCUT2D eigenvalue weighted by molar-refractivity contribution is 5.47. The lowest BCUT2D eigenvalue weighted by Crippen LogP contribution is -1.99. The van der Waals surface area contributed by atoms with Gasteiger partial charge in [-0.1, -0.05) is 18.2 Å². The van der Waals surface area contributed by atoms with E-state index in [1.807, 2.05) is 30.3 Å². The van der Waals surface area contributed by atoms with E-state index in [-0.39, 0.29) is 12.4 Å². The van der Waals surface area contributed by atoms with Crippen LogP contribution >= 0.6 is 0 Å². The molecule has 0 aromatic heterocycles. The lowest BCUT2D eigenvalue weighted by Gasteiger charge is -2.08. The van der Waals surface area contributed by atoms with Gasteiger partial charge in [-0.3, -0.25) is 0 Å². The van der Waals surface area contributed by atoms with Crippen LogP contribution in [0.1, 0.15) is 5.56 Å². The molecule has 2 N–H and O–H groups in total. The van der Waals surface area contributed by atoms with Gasteiger partial charge in [0.05, 0.1) is 0 Å². The van der Waals surface area contributed by atoms with Crippen LogP contribution in [0, 0.1) is 11.3 Å². The van der Waals surface area contributed by atoms with E-state index in [4.69, 9.17) is 10.00 Å². The maximum atomic E-state index is 9.64. The zero-order chi connectivity index (χ0) is 13.5. The molecule has 96 valence electrons. The van der Waals surface area contributed by atoms with Gasteiger partial charge in [-0.25, -0.2) is 0 Å². The third kappa shape index (κ3) is 3.65. The number of phenols is 1.